The van der Waals surface area contributed by atoms with Gasteiger partial charge in [-0.05, 0) is 37.4 Å². The Hall–Kier alpha value is -0.970. The molecule has 0 bridgehead atoms. The highest BCUT2D eigenvalue weighted by Gasteiger charge is 2.23. The second-order valence-corrected chi connectivity index (χ2v) is 5.33. The van der Waals surface area contributed by atoms with Crippen LogP contribution >= 0.6 is 0 Å². The fourth-order valence-corrected chi connectivity index (χ4v) is 2.72. The van der Waals surface area contributed by atoms with Crippen molar-refractivity contribution < 1.29 is 4.74 Å². The van der Waals surface area contributed by atoms with Gasteiger partial charge in [-0.1, -0.05) is 6.07 Å². The van der Waals surface area contributed by atoms with Gasteiger partial charge < -0.3 is 10.1 Å². The number of nitrogens with zero attached hydrogens (tertiary/aromatic N) is 2. The van der Waals surface area contributed by atoms with E-state index in [1.807, 2.05) is 12.4 Å². The van der Waals surface area contributed by atoms with Crippen LogP contribution < -0.4 is 5.32 Å². The van der Waals surface area contributed by atoms with E-state index in [1.54, 1.807) is 7.11 Å². The molecule has 4 nitrogen and oxygen atoms in total. The first kappa shape index (κ1) is 14.4. The standard InChI is InChI=1S/C15H25N3O/c1-13-8-14(10-17-9-13)12-18-6-3-4-15(18)11-16-5-7-19-2/h8-10,15-16H,3-7,11-12H2,1-2H3. The minimum absolute atomic E-state index is 0.650. The Morgan fingerprint density at radius 1 is 1.47 bits per heavy atom. The van der Waals surface area contributed by atoms with Gasteiger partial charge in [-0.2, -0.15) is 0 Å². The summed E-state index contributed by atoms with van der Waals surface area (Å²) in [4.78, 5) is 6.84. The number of hydrogen-bond acceptors (Lipinski definition) is 4. The number of likely N-dealkylation sites (tertiary alicyclic amines) is 1. The van der Waals surface area contributed by atoms with Gasteiger partial charge in [0.05, 0.1) is 6.61 Å². The minimum Gasteiger partial charge on any atom is -0.383 e. The quantitative estimate of drug-likeness (QED) is 0.758. The molecule has 2 rings (SSSR count). The maximum absolute atomic E-state index is 5.06. The van der Waals surface area contributed by atoms with Crippen LogP contribution in [0.1, 0.15) is 24.0 Å². The number of rotatable bonds is 7. The molecule has 0 aromatic carbocycles. The molecule has 0 amide bonds. The highest BCUT2D eigenvalue weighted by Crippen LogP contribution is 2.19. The van der Waals surface area contributed by atoms with E-state index in [4.69, 9.17) is 4.74 Å². The molecule has 0 spiro atoms. The third kappa shape index (κ3) is 4.56. The van der Waals surface area contributed by atoms with Crippen LogP contribution in [0.25, 0.3) is 0 Å². The molecular weight excluding hydrogens is 238 g/mol. The van der Waals surface area contributed by atoms with E-state index in [2.05, 4.69) is 28.2 Å². The fraction of sp³-hybridized carbons (Fsp3) is 0.667. The van der Waals surface area contributed by atoms with Crippen molar-refractivity contribution in [2.24, 2.45) is 0 Å². The van der Waals surface area contributed by atoms with Crippen molar-refractivity contribution in [2.75, 3.05) is 33.4 Å². The van der Waals surface area contributed by atoms with Crippen molar-refractivity contribution in [1.82, 2.24) is 15.2 Å². The number of hydrogen-bond donors (Lipinski definition) is 1. The van der Waals surface area contributed by atoms with Crippen LogP contribution in [0.5, 0.6) is 0 Å². The molecule has 1 aliphatic rings. The van der Waals surface area contributed by atoms with Crippen LogP contribution in [-0.4, -0.2) is 49.3 Å². The number of nitrogens with one attached hydrogen (secondary N) is 1. The van der Waals surface area contributed by atoms with Gasteiger partial charge >= 0.3 is 0 Å². The molecular formula is C15H25N3O. The average Bonchev–Trinajstić information content (AvgIpc) is 2.82. The molecule has 19 heavy (non-hydrogen) atoms. The summed E-state index contributed by atoms with van der Waals surface area (Å²) < 4.78 is 5.06. The second kappa shape index (κ2) is 7.58. The summed E-state index contributed by atoms with van der Waals surface area (Å²) in [6, 6.07) is 2.89. The van der Waals surface area contributed by atoms with Gasteiger partial charge in [0, 0.05) is 45.2 Å². The Balaban J connectivity index is 1.81. The first-order chi connectivity index (χ1) is 9.29. The Bertz CT molecular complexity index is 383. The van der Waals surface area contributed by atoms with Crippen molar-refractivity contribution >= 4 is 0 Å². The van der Waals surface area contributed by atoms with Gasteiger partial charge in [0.15, 0.2) is 0 Å². The Kier molecular flexibility index (Phi) is 5.76. The van der Waals surface area contributed by atoms with E-state index >= 15 is 0 Å². The molecule has 2 heterocycles. The highest BCUT2D eigenvalue weighted by molar-refractivity contribution is 5.16. The van der Waals surface area contributed by atoms with Gasteiger partial charge in [0.25, 0.3) is 0 Å². The lowest BCUT2D eigenvalue weighted by molar-refractivity contribution is 0.191. The predicted octanol–water partition coefficient (Wildman–Crippen LogP) is 1.59. The number of methoxy groups -OCH3 is 1. The molecule has 1 aromatic heterocycles. The van der Waals surface area contributed by atoms with Gasteiger partial charge in [-0.25, -0.2) is 0 Å². The lowest BCUT2D eigenvalue weighted by atomic mass is 10.2. The van der Waals surface area contributed by atoms with Crippen molar-refractivity contribution in [2.45, 2.75) is 32.4 Å². The summed E-state index contributed by atoms with van der Waals surface area (Å²) >= 11 is 0. The zero-order valence-electron chi connectivity index (χ0n) is 12.1. The SMILES string of the molecule is COCCNCC1CCCN1Cc1cncc(C)c1. The summed E-state index contributed by atoms with van der Waals surface area (Å²) in [7, 11) is 1.74. The predicted molar refractivity (Wildman–Crippen MR) is 77.2 cm³/mol. The highest BCUT2D eigenvalue weighted by atomic mass is 16.5. The topological polar surface area (TPSA) is 37.4 Å². The molecule has 106 valence electrons. The smallest absolute Gasteiger partial charge is 0.0587 e. The lowest BCUT2D eigenvalue weighted by Gasteiger charge is -2.24. The molecule has 1 aromatic rings. The molecule has 1 saturated heterocycles. The summed E-state index contributed by atoms with van der Waals surface area (Å²) in [6.45, 7) is 7.10. The molecule has 1 N–H and O–H groups in total. The first-order valence-electron chi connectivity index (χ1n) is 7.14. The van der Waals surface area contributed by atoms with Crippen LogP contribution in [0.2, 0.25) is 0 Å². The van der Waals surface area contributed by atoms with Crippen LogP contribution in [0.4, 0.5) is 0 Å². The summed E-state index contributed by atoms with van der Waals surface area (Å²) in [5.41, 5.74) is 2.57. The lowest BCUT2D eigenvalue weighted by Crippen LogP contribution is -2.38. The molecule has 0 saturated carbocycles. The maximum atomic E-state index is 5.06. The zero-order valence-corrected chi connectivity index (χ0v) is 12.1. The van der Waals surface area contributed by atoms with Gasteiger partial charge in [-0.3, -0.25) is 9.88 Å². The van der Waals surface area contributed by atoms with Crippen molar-refractivity contribution in [3.63, 3.8) is 0 Å². The van der Waals surface area contributed by atoms with Crippen molar-refractivity contribution in [3.8, 4) is 0 Å². The minimum atomic E-state index is 0.650. The second-order valence-electron chi connectivity index (χ2n) is 5.33. The van der Waals surface area contributed by atoms with E-state index in [0.29, 0.717) is 6.04 Å². The number of aromatic nitrogens is 1. The molecule has 0 radical (unpaired) electrons. The van der Waals surface area contributed by atoms with E-state index in [-0.39, 0.29) is 0 Å². The Morgan fingerprint density at radius 2 is 2.37 bits per heavy atom. The number of aryl methyl sites for hydroxylation is 1. The van der Waals surface area contributed by atoms with Gasteiger partial charge in [-0.15, -0.1) is 0 Å². The molecule has 0 aliphatic carbocycles. The van der Waals surface area contributed by atoms with Gasteiger partial charge in [0.2, 0.25) is 0 Å². The number of ether oxygens (including phenoxy) is 1. The fourth-order valence-electron chi connectivity index (χ4n) is 2.72. The number of pyridine rings is 1. The van der Waals surface area contributed by atoms with E-state index in [9.17, 15) is 0 Å². The third-order valence-electron chi connectivity index (χ3n) is 3.68. The molecule has 4 heteroatoms. The largest absolute Gasteiger partial charge is 0.383 e. The normalized spacial score (nSPS) is 20.0. The third-order valence-corrected chi connectivity index (χ3v) is 3.68. The summed E-state index contributed by atoms with van der Waals surface area (Å²) in [6.07, 6.45) is 6.49. The van der Waals surface area contributed by atoms with E-state index in [1.165, 1.54) is 30.5 Å². The van der Waals surface area contributed by atoms with Crippen LogP contribution in [-0.2, 0) is 11.3 Å². The molecule has 1 atom stereocenters. The molecule has 1 fully saturated rings. The van der Waals surface area contributed by atoms with Crippen LogP contribution in [0.3, 0.4) is 0 Å². The van der Waals surface area contributed by atoms with E-state index < -0.39 is 0 Å². The average molecular weight is 263 g/mol. The molecule has 1 unspecified atom stereocenters. The van der Waals surface area contributed by atoms with Gasteiger partial charge in [0.1, 0.15) is 0 Å². The Labute approximate surface area is 116 Å². The Morgan fingerprint density at radius 3 is 3.16 bits per heavy atom. The zero-order chi connectivity index (χ0) is 13.5. The maximum Gasteiger partial charge on any atom is 0.0587 e. The molecule has 1 aliphatic heterocycles. The van der Waals surface area contributed by atoms with Crippen molar-refractivity contribution in [3.05, 3.63) is 29.6 Å². The van der Waals surface area contributed by atoms with E-state index in [0.717, 1.165) is 26.2 Å². The monoisotopic (exact) mass is 263 g/mol. The summed E-state index contributed by atoms with van der Waals surface area (Å²) in [5.74, 6) is 0. The van der Waals surface area contributed by atoms with Crippen LogP contribution in [0.15, 0.2) is 18.5 Å². The summed E-state index contributed by atoms with van der Waals surface area (Å²) in [5, 5.41) is 3.47. The van der Waals surface area contributed by atoms with Crippen molar-refractivity contribution in [1.29, 1.82) is 0 Å². The van der Waals surface area contributed by atoms with Crippen LogP contribution in [0, 0.1) is 6.92 Å². The first-order valence-corrected chi connectivity index (χ1v) is 7.14.